The molecule has 1 fully saturated rings. The van der Waals surface area contributed by atoms with Crippen molar-refractivity contribution < 1.29 is 23.7 Å². The van der Waals surface area contributed by atoms with Gasteiger partial charge in [-0.15, -0.1) is 0 Å². The summed E-state index contributed by atoms with van der Waals surface area (Å²) in [6, 6.07) is 3.76. The predicted molar refractivity (Wildman–Crippen MR) is 135 cm³/mol. The van der Waals surface area contributed by atoms with Crippen molar-refractivity contribution in [3.05, 3.63) is 35.8 Å². The molecule has 11 nitrogen and oxygen atoms in total. The molecule has 1 amide bonds. The highest BCUT2D eigenvalue weighted by Crippen LogP contribution is 2.37. The van der Waals surface area contributed by atoms with Crippen LogP contribution in [-0.4, -0.2) is 86.1 Å². The van der Waals surface area contributed by atoms with Crippen LogP contribution in [0.5, 0.6) is 11.8 Å². The van der Waals surface area contributed by atoms with E-state index in [0.717, 1.165) is 42.7 Å². The van der Waals surface area contributed by atoms with E-state index in [4.69, 9.17) is 18.9 Å². The van der Waals surface area contributed by atoms with Crippen molar-refractivity contribution >= 4 is 22.8 Å². The summed E-state index contributed by atoms with van der Waals surface area (Å²) in [5.41, 5.74) is 2.30. The van der Waals surface area contributed by atoms with Gasteiger partial charge in [-0.25, -0.2) is 4.98 Å². The number of hydrogen-bond donors (Lipinski definition) is 2. The number of fused-ring (bicyclic) bond motifs is 1. The van der Waals surface area contributed by atoms with Gasteiger partial charge in [0, 0.05) is 52.3 Å². The fourth-order valence-corrected chi connectivity index (χ4v) is 4.51. The Balaban J connectivity index is 1.52. The Morgan fingerprint density at radius 1 is 1.22 bits per heavy atom. The molecule has 0 saturated carbocycles. The van der Waals surface area contributed by atoms with Gasteiger partial charge < -0.3 is 34.1 Å². The Hall–Kier alpha value is -3.44. The summed E-state index contributed by atoms with van der Waals surface area (Å²) in [4.78, 5) is 31.6. The molecule has 1 atom stereocenters. The summed E-state index contributed by atoms with van der Waals surface area (Å²) < 4.78 is 21.6. The number of ether oxygens (including phenoxy) is 4. The van der Waals surface area contributed by atoms with E-state index in [-0.39, 0.29) is 23.7 Å². The van der Waals surface area contributed by atoms with Crippen LogP contribution in [0.1, 0.15) is 41.7 Å². The van der Waals surface area contributed by atoms with E-state index < -0.39 is 0 Å². The zero-order valence-electron chi connectivity index (χ0n) is 21.2. The van der Waals surface area contributed by atoms with Gasteiger partial charge in [0.2, 0.25) is 0 Å². The van der Waals surface area contributed by atoms with Crippen molar-refractivity contribution in [1.29, 1.82) is 0 Å². The molecule has 0 spiro atoms. The van der Waals surface area contributed by atoms with E-state index in [9.17, 15) is 4.79 Å². The Labute approximate surface area is 210 Å². The highest BCUT2D eigenvalue weighted by molar-refractivity contribution is 5.93. The molecule has 4 heterocycles. The topological polar surface area (TPSA) is 124 Å². The molecule has 11 heteroatoms. The zero-order valence-corrected chi connectivity index (χ0v) is 21.2. The van der Waals surface area contributed by atoms with Crippen molar-refractivity contribution in [3.63, 3.8) is 0 Å². The Bertz CT molecular complexity index is 1160. The second-order valence-electron chi connectivity index (χ2n) is 8.77. The van der Waals surface area contributed by atoms with E-state index in [0.29, 0.717) is 31.5 Å². The second kappa shape index (κ2) is 12.0. The third kappa shape index (κ3) is 5.85. The number of piperidine rings is 1. The molecule has 1 saturated heterocycles. The minimum atomic E-state index is -0.298. The normalized spacial score (nSPS) is 15.2. The van der Waals surface area contributed by atoms with Crippen molar-refractivity contribution in [2.24, 2.45) is 0 Å². The summed E-state index contributed by atoms with van der Waals surface area (Å²) in [7, 11) is 4.87. The number of aromatic amines is 1. The van der Waals surface area contributed by atoms with Gasteiger partial charge in [0.15, 0.2) is 0 Å². The van der Waals surface area contributed by atoms with E-state index in [2.05, 4.69) is 30.2 Å². The van der Waals surface area contributed by atoms with Crippen LogP contribution in [0.25, 0.3) is 11.0 Å². The number of methoxy groups -OCH3 is 3. The minimum absolute atomic E-state index is 0.156. The summed E-state index contributed by atoms with van der Waals surface area (Å²) in [6.45, 7) is 4.60. The molecule has 4 rings (SSSR count). The Morgan fingerprint density at radius 2 is 2.03 bits per heavy atom. The molecule has 1 aliphatic heterocycles. The third-order valence-corrected chi connectivity index (χ3v) is 6.27. The molecule has 36 heavy (non-hydrogen) atoms. The van der Waals surface area contributed by atoms with E-state index in [1.165, 1.54) is 5.56 Å². The first-order chi connectivity index (χ1) is 17.5. The van der Waals surface area contributed by atoms with Crippen molar-refractivity contribution in [2.75, 3.05) is 59.1 Å². The van der Waals surface area contributed by atoms with Crippen LogP contribution in [0.2, 0.25) is 0 Å². The average Bonchev–Trinajstić information content (AvgIpc) is 3.33. The van der Waals surface area contributed by atoms with E-state index in [1.54, 1.807) is 33.6 Å². The van der Waals surface area contributed by atoms with Gasteiger partial charge in [-0.2, -0.15) is 9.97 Å². The largest absolute Gasteiger partial charge is 0.496 e. The SMILES string of the molecule is COCCNC(=O)c1cc(N2CCC(c3c[nH]c4nccc(OC)c34)CC2)nc(OC(C)COC)n1. The maximum Gasteiger partial charge on any atom is 0.319 e. The van der Waals surface area contributed by atoms with Crippen LogP contribution < -0.4 is 19.7 Å². The van der Waals surface area contributed by atoms with E-state index >= 15 is 0 Å². The average molecular weight is 499 g/mol. The maximum atomic E-state index is 12.7. The first kappa shape index (κ1) is 25.6. The number of rotatable bonds is 11. The first-order valence-corrected chi connectivity index (χ1v) is 12.1. The molecule has 0 radical (unpaired) electrons. The van der Waals surface area contributed by atoms with Crippen LogP contribution in [0.15, 0.2) is 24.5 Å². The van der Waals surface area contributed by atoms with Crippen LogP contribution >= 0.6 is 0 Å². The van der Waals surface area contributed by atoms with Gasteiger partial charge in [-0.1, -0.05) is 0 Å². The van der Waals surface area contributed by atoms with Crippen LogP contribution in [0, 0.1) is 0 Å². The fraction of sp³-hybridized carbons (Fsp3) is 0.520. The number of aromatic nitrogens is 4. The van der Waals surface area contributed by atoms with Crippen LogP contribution in [0.4, 0.5) is 5.82 Å². The number of nitrogens with zero attached hydrogens (tertiary/aromatic N) is 4. The Kier molecular flexibility index (Phi) is 8.55. The van der Waals surface area contributed by atoms with Crippen LogP contribution in [0.3, 0.4) is 0 Å². The number of anilines is 1. The summed E-state index contributed by atoms with van der Waals surface area (Å²) >= 11 is 0. The highest BCUT2D eigenvalue weighted by Gasteiger charge is 2.26. The Morgan fingerprint density at radius 3 is 2.75 bits per heavy atom. The lowest BCUT2D eigenvalue weighted by molar-refractivity contribution is 0.0841. The van der Waals surface area contributed by atoms with Crippen molar-refractivity contribution in [3.8, 4) is 11.8 Å². The third-order valence-electron chi connectivity index (χ3n) is 6.27. The monoisotopic (exact) mass is 498 g/mol. The van der Waals surface area contributed by atoms with Gasteiger partial charge in [0.05, 0.1) is 25.7 Å². The molecule has 194 valence electrons. The predicted octanol–water partition coefficient (Wildman–Crippen LogP) is 2.54. The molecule has 3 aromatic rings. The molecule has 1 aliphatic rings. The molecule has 0 bridgehead atoms. The number of carbonyl (C=O) groups is 1. The first-order valence-electron chi connectivity index (χ1n) is 12.1. The fourth-order valence-electron chi connectivity index (χ4n) is 4.51. The lowest BCUT2D eigenvalue weighted by Gasteiger charge is -2.33. The quantitative estimate of drug-likeness (QED) is 0.384. The number of nitrogens with one attached hydrogen (secondary N) is 2. The van der Waals surface area contributed by atoms with E-state index in [1.807, 2.05) is 19.2 Å². The minimum Gasteiger partial charge on any atom is -0.496 e. The van der Waals surface area contributed by atoms with Gasteiger partial charge in [-0.05, 0) is 37.3 Å². The molecule has 0 aliphatic carbocycles. The summed E-state index contributed by atoms with van der Waals surface area (Å²) in [5, 5.41) is 3.86. The lowest BCUT2D eigenvalue weighted by Crippen LogP contribution is -2.34. The van der Waals surface area contributed by atoms with Gasteiger partial charge in [0.25, 0.3) is 5.91 Å². The number of hydrogen-bond acceptors (Lipinski definition) is 9. The lowest BCUT2D eigenvalue weighted by atomic mass is 9.89. The maximum absolute atomic E-state index is 12.7. The van der Waals surface area contributed by atoms with Crippen molar-refractivity contribution in [2.45, 2.75) is 31.8 Å². The number of carbonyl (C=O) groups excluding carboxylic acids is 1. The molecule has 2 N–H and O–H groups in total. The number of pyridine rings is 1. The molecular formula is C25H34N6O5. The van der Waals surface area contributed by atoms with Crippen LogP contribution in [-0.2, 0) is 9.47 Å². The zero-order chi connectivity index (χ0) is 25.5. The van der Waals surface area contributed by atoms with Gasteiger partial charge in [0.1, 0.15) is 29.0 Å². The summed E-state index contributed by atoms with van der Waals surface area (Å²) in [5.74, 6) is 1.54. The molecule has 1 unspecified atom stereocenters. The smallest absolute Gasteiger partial charge is 0.319 e. The molecular weight excluding hydrogens is 464 g/mol. The number of H-pyrrole nitrogens is 1. The molecule has 0 aromatic carbocycles. The summed E-state index contributed by atoms with van der Waals surface area (Å²) in [6.07, 6.45) is 5.36. The standard InChI is InChI=1S/C25H34N6O5/c1-16(15-34-3)36-25-29-19(24(32)27-9-12-33-2)13-21(30-25)31-10-6-17(7-11-31)18-14-28-23-22(18)20(35-4)5-8-26-23/h5,8,13-14,16-17H,6-7,9-12,15H2,1-4H3,(H,26,28)(H,27,32). The van der Waals surface area contributed by atoms with Gasteiger partial charge in [-0.3, -0.25) is 4.79 Å². The second-order valence-corrected chi connectivity index (χ2v) is 8.77. The molecule has 3 aromatic heterocycles. The van der Waals surface area contributed by atoms with Crippen molar-refractivity contribution in [1.82, 2.24) is 25.3 Å². The number of amides is 1. The van der Waals surface area contributed by atoms with Gasteiger partial charge >= 0.3 is 6.01 Å². The highest BCUT2D eigenvalue weighted by atomic mass is 16.5.